The lowest BCUT2D eigenvalue weighted by Crippen LogP contribution is -2.13. The van der Waals surface area contributed by atoms with E-state index < -0.39 is 17.6 Å². The van der Waals surface area contributed by atoms with Crippen LogP contribution in [-0.2, 0) is 11.2 Å². The topological polar surface area (TPSA) is 75.1 Å². The number of aromatic nitrogens is 2. The normalized spacial score (nSPS) is 10.6. The first-order valence-corrected chi connectivity index (χ1v) is 7.79. The van der Waals surface area contributed by atoms with Crippen molar-refractivity contribution in [2.75, 3.05) is 11.9 Å². The molecule has 0 bridgehead atoms. The molecule has 1 aromatic heterocycles. The Kier molecular flexibility index (Phi) is 6.17. The van der Waals surface area contributed by atoms with Gasteiger partial charge in [-0.1, -0.05) is 25.8 Å². The molecule has 0 fully saturated rings. The molecule has 0 spiro atoms. The highest BCUT2D eigenvalue weighted by atomic mass is 19.2. The zero-order chi connectivity index (χ0) is 17.5. The summed E-state index contributed by atoms with van der Waals surface area (Å²) >= 11 is 0. The molecule has 1 aromatic carbocycles. The summed E-state index contributed by atoms with van der Waals surface area (Å²) in [4.78, 5) is 18.5. The van der Waals surface area contributed by atoms with Gasteiger partial charge >= 0.3 is 5.97 Å². The van der Waals surface area contributed by atoms with Crippen molar-refractivity contribution in [2.24, 2.45) is 0 Å². The number of hydrogen-bond acceptors (Lipinski definition) is 4. The Labute approximate surface area is 138 Å². The van der Waals surface area contributed by atoms with Crippen LogP contribution in [0, 0.1) is 11.6 Å². The molecule has 1 heterocycles. The first-order valence-electron chi connectivity index (χ1n) is 7.79. The van der Waals surface area contributed by atoms with Gasteiger partial charge in [-0.25, -0.2) is 18.7 Å². The molecule has 24 heavy (non-hydrogen) atoms. The van der Waals surface area contributed by atoms with E-state index in [1.807, 2.05) is 6.92 Å². The van der Waals surface area contributed by atoms with Crippen molar-refractivity contribution < 1.29 is 18.7 Å². The third kappa shape index (κ3) is 4.47. The monoisotopic (exact) mass is 335 g/mol. The summed E-state index contributed by atoms with van der Waals surface area (Å²) in [7, 11) is 0. The van der Waals surface area contributed by atoms with Crippen LogP contribution in [0.4, 0.5) is 14.6 Å². The maximum absolute atomic E-state index is 14.3. The van der Waals surface area contributed by atoms with E-state index in [2.05, 4.69) is 15.3 Å². The molecule has 2 aromatic rings. The molecule has 2 N–H and O–H groups in total. The van der Waals surface area contributed by atoms with E-state index in [4.69, 9.17) is 5.11 Å². The molecule has 0 saturated carbocycles. The van der Waals surface area contributed by atoms with Crippen molar-refractivity contribution in [1.29, 1.82) is 0 Å². The molecule has 0 amide bonds. The quantitative estimate of drug-likeness (QED) is 0.720. The van der Waals surface area contributed by atoms with Crippen LogP contribution in [0.5, 0.6) is 0 Å². The number of carbonyl (C=O) groups is 1. The summed E-state index contributed by atoms with van der Waals surface area (Å²) in [6.07, 6.45) is 4.61. The molecule has 128 valence electrons. The lowest BCUT2D eigenvalue weighted by atomic mass is 10.0. The fourth-order valence-electron chi connectivity index (χ4n) is 2.27. The summed E-state index contributed by atoms with van der Waals surface area (Å²) in [5.74, 6) is -2.68. The van der Waals surface area contributed by atoms with Crippen molar-refractivity contribution in [2.45, 2.75) is 32.6 Å². The summed E-state index contributed by atoms with van der Waals surface area (Å²) in [5, 5.41) is 11.2. The first-order chi connectivity index (χ1) is 11.5. The minimum atomic E-state index is -1.05. The Morgan fingerprint density at radius 1 is 1.21 bits per heavy atom. The van der Waals surface area contributed by atoms with Crippen molar-refractivity contribution in [3.05, 3.63) is 41.6 Å². The molecule has 0 radical (unpaired) electrons. The number of anilines is 1. The minimum Gasteiger partial charge on any atom is -0.480 e. The lowest BCUT2D eigenvalue weighted by molar-refractivity contribution is -0.134. The Morgan fingerprint density at radius 3 is 2.71 bits per heavy atom. The molecule has 7 heteroatoms. The second kappa shape index (κ2) is 8.33. The summed E-state index contributed by atoms with van der Waals surface area (Å²) in [5.41, 5.74) is 0.288. The van der Waals surface area contributed by atoms with Crippen LogP contribution in [0.15, 0.2) is 24.4 Å². The van der Waals surface area contributed by atoms with E-state index in [-0.39, 0.29) is 23.8 Å². The molecule has 0 aliphatic carbocycles. The molecule has 0 aliphatic heterocycles. The van der Waals surface area contributed by atoms with Gasteiger partial charge < -0.3 is 10.4 Å². The Morgan fingerprint density at radius 2 is 2.00 bits per heavy atom. The van der Waals surface area contributed by atoms with Gasteiger partial charge in [0, 0.05) is 6.20 Å². The van der Waals surface area contributed by atoms with Crippen LogP contribution in [-0.4, -0.2) is 27.6 Å². The number of halogens is 2. The number of carboxylic acids is 1. The highest BCUT2D eigenvalue weighted by Crippen LogP contribution is 2.25. The number of aryl methyl sites for hydroxylation is 1. The van der Waals surface area contributed by atoms with Gasteiger partial charge in [0.25, 0.3) is 0 Å². The largest absolute Gasteiger partial charge is 0.480 e. The van der Waals surface area contributed by atoms with Gasteiger partial charge in [0.2, 0.25) is 0 Å². The number of nitrogens with one attached hydrogen (secondary N) is 1. The van der Waals surface area contributed by atoms with Crippen molar-refractivity contribution in [1.82, 2.24) is 9.97 Å². The Bertz CT molecular complexity index is 723. The number of rotatable bonds is 8. The molecular formula is C17H19F2N3O2. The molecule has 0 aliphatic rings. The molecule has 2 rings (SSSR count). The van der Waals surface area contributed by atoms with Crippen LogP contribution < -0.4 is 5.32 Å². The van der Waals surface area contributed by atoms with Gasteiger partial charge in [0.1, 0.15) is 12.4 Å². The number of aliphatic carboxylic acids is 1. The highest BCUT2D eigenvalue weighted by molar-refractivity contribution is 5.72. The van der Waals surface area contributed by atoms with E-state index in [1.54, 1.807) is 6.07 Å². The Hall–Kier alpha value is -2.57. The number of carboxylic acid groups (broad SMARTS) is 1. The van der Waals surface area contributed by atoms with Crippen molar-refractivity contribution in [3.63, 3.8) is 0 Å². The minimum absolute atomic E-state index is 0.00176. The highest BCUT2D eigenvalue weighted by Gasteiger charge is 2.16. The van der Waals surface area contributed by atoms with Gasteiger partial charge in [-0.2, -0.15) is 0 Å². The number of nitrogens with zero attached hydrogens (tertiary/aromatic N) is 2. The fourth-order valence-corrected chi connectivity index (χ4v) is 2.27. The average molecular weight is 335 g/mol. The van der Waals surface area contributed by atoms with Gasteiger partial charge in [0.15, 0.2) is 17.5 Å². The average Bonchev–Trinajstić information content (AvgIpc) is 2.57. The summed E-state index contributed by atoms with van der Waals surface area (Å²) < 4.78 is 28.5. The first kappa shape index (κ1) is 17.8. The number of unbranched alkanes of at least 4 members (excludes halogenated alkanes) is 2. The van der Waals surface area contributed by atoms with Gasteiger partial charge in [-0.05, 0) is 30.5 Å². The fraction of sp³-hybridized carbons (Fsp3) is 0.353. The van der Waals surface area contributed by atoms with E-state index >= 15 is 0 Å². The second-order valence-electron chi connectivity index (χ2n) is 5.37. The summed E-state index contributed by atoms with van der Waals surface area (Å²) in [6, 6.07) is 4.46. The van der Waals surface area contributed by atoms with E-state index in [0.717, 1.165) is 19.3 Å². The van der Waals surface area contributed by atoms with Gasteiger partial charge in [-0.15, -0.1) is 0 Å². The smallest absolute Gasteiger partial charge is 0.322 e. The molecule has 0 unspecified atom stereocenters. The van der Waals surface area contributed by atoms with Crippen LogP contribution in [0.3, 0.4) is 0 Å². The van der Waals surface area contributed by atoms with E-state index in [0.29, 0.717) is 12.0 Å². The zero-order valence-electron chi connectivity index (χ0n) is 13.4. The number of benzene rings is 1. The lowest BCUT2D eigenvalue weighted by Gasteiger charge is -2.09. The predicted octanol–water partition coefficient (Wildman–Crippen LogP) is 3.65. The second-order valence-corrected chi connectivity index (χ2v) is 5.37. The maximum atomic E-state index is 14.3. The van der Waals surface area contributed by atoms with Gasteiger partial charge in [-0.3, -0.25) is 4.79 Å². The number of hydrogen-bond donors (Lipinski definition) is 2. The Balaban J connectivity index is 2.24. The SMILES string of the molecule is CCCCCc1ccc(-c2nccc(NCC(=O)O)n2)c(F)c1F. The summed E-state index contributed by atoms with van der Waals surface area (Å²) in [6.45, 7) is 1.71. The van der Waals surface area contributed by atoms with Crippen LogP contribution >= 0.6 is 0 Å². The van der Waals surface area contributed by atoms with Crippen LogP contribution in [0.2, 0.25) is 0 Å². The third-order valence-electron chi connectivity index (χ3n) is 3.53. The zero-order valence-corrected chi connectivity index (χ0v) is 13.4. The van der Waals surface area contributed by atoms with E-state index in [9.17, 15) is 13.6 Å². The third-order valence-corrected chi connectivity index (χ3v) is 3.53. The van der Waals surface area contributed by atoms with Crippen LogP contribution in [0.25, 0.3) is 11.4 Å². The van der Waals surface area contributed by atoms with E-state index in [1.165, 1.54) is 18.3 Å². The van der Waals surface area contributed by atoms with Crippen LogP contribution in [0.1, 0.15) is 31.7 Å². The molecule has 0 atom stereocenters. The molecular weight excluding hydrogens is 316 g/mol. The molecule has 0 saturated heterocycles. The standard InChI is InChI=1S/C17H19F2N3O2/c1-2-3-4-5-11-6-7-12(16(19)15(11)18)17-20-9-8-13(22-17)21-10-14(23)24/h6-9H,2-5,10H2,1H3,(H,23,24)(H,20,21,22). The van der Waals surface area contributed by atoms with Crippen molar-refractivity contribution in [3.8, 4) is 11.4 Å². The van der Waals surface area contributed by atoms with Crippen molar-refractivity contribution >= 4 is 11.8 Å². The maximum Gasteiger partial charge on any atom is 0.322 e. The van der Waals surface area contributed by atoms with Gasteiger partial charge in [0.05, 0.1) is 5.56 Å². The molecule has 5 nitrogen and oxygen atoms in total. The predicted molar refractivity (Wildman–Crippen MR) is 86.7 cm³/mol.